The molecule has 0 saturated carbocycles. The molecule has 0 aromatic rings. The molecule has 0 radical (unpaired) electrons. The van der Waals surface area contributed by atoms with E-state index in [1.165, 1.54) is 0 Å². The van der Waals surface area contributed by atoms with E-state index in [1.54, 1.807) is 7.11 Å². The quantitative estimate of drug-likeness (QED) is 0.642. The fourth-order valence-electron chi connectivity index (χ4n) is 0.671. The standard InChI is InChI=1S/C9H19NO3/c1-4-8(2)7-10-9(11)13-6-5-12-3/h8H,4-7H2,1-3H3,(H,10,11). The SMILES string of the molecule is CCC(C)CNC(=O)OCCOC. The van der Waals surface area contributed by atoms with Crippen LogP contribution < -0.4 is 5.32 Å². The van der Waals surface area contributed by atoms with Gasteiger partial charge in [0.25, 0.3) is 0 Å². The molecule has 0 aliphatic heterocycles. The van der Waals surface area contributed by atoms with E-state index in [-0.39, 0.29) is 6.09 Å². The second kappa shape index (κ2) is 7.86. The van der Waals surface area contributed by atoms with Crippen molar-refractivity contribution in [3.05, 3.63) is 0 Å². The largest absolute Gasteiger partial charge is 0.447 e. The van der Waals surface area contributed by atoms with Crippen LogP contribution in [0.1, 0.15) is 20.3 Å². The molecule has 0 saturated heterocycles. The first-order valence-corrected chi connectivity index (χ1v) is 4.60. The molecule has 1 amide bonds. The zero-order valence-corrected chi connectivity index (χ0v) is 8.63. The summed E-state index contributed by atoms with van der Waals surface area (Å²) < 4.78 is 9.54. The molecule has 13 heavy (non-hydrogen) atoms. The van der Waals surface area contributed by atoms with Crippen LogP contribution in [0.25, 0.3) is 0 Å². The van der Waals surface area contributed by atoms with Gasteiger partial charge in [0, 0.05) is 13.7 Å². The first-order chi connectivity index (χ1) is 6.20. The van der Waals surface area contributed by atoms with Crippen molar-refractivity contribution >= 4 is 6.09 Å². The van der Waals surface area contributed by atoms with Gasteiger partial charge in [-0.05, 0) is 5.92 Å². The van der Waals surface area contributed by atoms with E-state index in [2.05, 4.69) is 19.2 Å². The molecule has 78 valence electrons. The van der Waals surface area contributed by atoms with Crippen LogP contribution in [0.15, 0.2) is 0 Å². The number of ether oxygens (including phenoxy) is 2. The molecular weight excluding hydrogens is 170 g/mol. The minimum Gasteiger partial charge on any atom is -0.447 e. The maximum atomic E-state index is 10.9. The molecule has 0 aliphatic rings. The lowest BCUT2D eigenvalue weighted by atomic mass is 10.1. The average Bonchev–Trinajstić information content (AvgIpc) is 2.14. The normalized spacial score (nSPS) is 12.2. The predicted molar refractivity (Wildman–Crippen MR) is 50.7 cm³/mol. The molecule has 1 N–H and O–H groups in total. The van der Waals surface area contributed by atoms with Gasteiger partial charge in [0.15, 0.2) is 0 Å². The topological polar surface area (TPSA) is 47.6 Å². The third kappa shape index (κ3) is 7.59. The van der Waals surface area contributed by atoms with Crippen LogP contribution in [-0.2, 0) is 9.47 Å². The van der Waals surface area contributed by atoms with Gasteiger partial charge in [0.05, 0.1) is 6.61 Å². The van der Waals surface area contributed by atoms with Gasteiger partial charge in [0.1, 0.15) is 6.61 Å². The molecule has 0 bridgehead atoms. The average molecular weight is 189 g/mol. The third-order valence-electron chi connectivity index (χ3n) is 1.81. The number of rotatable bonds is 6. The van der Waals surface area contributed by atoms with E-state index in [0.29, 0.717) is 25.7 Å². The molecule has 0 fully saturated rings. The smallest absolute Gasteiger partial charge is 0.407 e. The Labute approximate surface area is 79.6 Å². The Balaban J connectivity index is 3.30. The first-order valence-electron chi connectivity index (χ1n) is 4.60. The lowest BCUT2D eigenvalue weighted by Crippen LogP contribution is -2.29. The van der Waals surface area contributed by atoms with Crippen molar-refractivity contribution in [2.45, 2.75) is 20.3 Å². The summed E-state index contributed by atoms with van der Waals surface area (Å²) in [6.07, 6.45) is 0.690. The maximum Gasteiger partial charge on any atom is 0.407 e. The molecule has 0 spiro atoms. The summed E-state index contributed by atoms with van der Waals surface area (Å²) in [6.45, 7) is 5.58. The molecule has 0 aromatic carbocycles. The number of carbonyl (C=O) groups excluding carboxylic acids is 1. The third-order valence-corrected chi connectivity index (χ3v) is 1.81. The van der Waals surface area contributed by atoms with E-state index in [0.717, 1.165) is 6.42 Å². The molecule has 4 nitrogen and oxygen atoms in total. The number of amides is 1. The van der Waals surface area contributed by atoms with Crippen LogP contribution in [0.5, 0.6) is 0 Å². The van der Waals surface area contributed by atoms with Gasteiger partial charge in [-0.3, -0.25) is 0 Å². The summed E-state index contributed by atoms with van der Waals surface area (Å²) in [5, 5.41) is 2.68. The lowest BCUT2D eigenvalue weighted by molar-refractivity contribution is 0.0979. The molecule has 0 aliphatic carbocycles. The molecule has 0 aromatic heterocycles. The highest BCUT2D eigenvalue weighted by atomic mass is 16.6. The van der Waals surface area contributed by atoms with Crippen molar-refractivity contribution in [1.29, 1.82) is 0 Å². The van der Waals surface area contributed by atoms with Gasteiger partial charge in [-0.2, -0.15) is 0 Å². The van der Waals surface area contributed by atoms with Gasteiger partial charge < -0.3 is 14.8 Å². The zero-order valence-electron chi connectivity index (χ0n) is 8.63. The first kappa shape index (κ1) is 12.2. The van der Waals surface area contributed by atoms with E-state index in [4.69, 9.17) is 9.47 Å². The molecule has 0 rings (SSSR count). The van der Waals surface area contributed by atoms with Crippen molar-refractivity contribution in [1.82, 2.24) is 5.32 Å². The Bertz CT molecular complexity index is 139. The Morgan fingerprint density at radius 2 is 2.15 bits per heavy atom. The van der Waals surface area contributed by atoms with Gasteiger partial charge in [-0.1, -0.05) is 20.3 Å². The summed E-state index contributed by atoms with van der Waals surface area (Å²) in [7, 11) is 1.57. The number of methoxy groups -OCH3 is 1. The molecule has 0 heterocycles. The van der Waals surface area contributed by atoms with Gasteiger partial charge in [-0.25, -0.2) is 4.79 Å². The van der Waals surface area contributed by atoms with Crippen LogP contribution >= 0.6 is 0 Å². The second-order valence-electron chi connectivity index (χ2n) is 3.02. The summed E-state index contributed by atoms with van der Waals surface area (Å²) in [4.78, 5) is 10.9. The van der Waals surface area contributed by atoms with Crippen LogP contribution in [0.2, 0.25) is 0 Å². The van der Waals surface area contributed by atoms with Crippen molar-refractivity contribution in [2.75, 3.05) is 26.9 Å². The predicted octanol–water partition coefficient (Wildman–Crippen LogP) is 1.41. The monoisotopic (exact) mass is 189 g/mol. The van der Waals surface area contributed by atoms with Crippen molar-refractivity contribution in [3.8, 4) is 0 Å². The van der Waals surface area contributed by atoms with Crippen LogP contribution in [0.4, 0.5) is 4.79 Å². The van der Waals surface area contributed by atoms with E-state index in [9.17, 15) is 4.79 Å². The van der Waals surface area contributed by atoms with Crippen LogP contribution in [0.3, 0.4) is 0 Å². The number of alkyl carbamates (subject to hydrolysis) is 1. The zero-order chi connectivity index (χ0) is 10.1. The van der Waals surface area contributed by atoms with Gasteiger partial charge >= 0.3 is 6.09 Å². The maximum absolute atomic E-state index is 10.9. The Morgan fingerprint density at radius 1 is 1.46 bits per heavy atom. The summed E-state index contributed by atoms with van der Waals surface area (Å²) in [5.74, 6) is 0.495. The van der Waals surface area contributed by atoms with E-state index >= 15 is 0 Å². The highest BCUT2D eigenvalue weighted by molar-refractivity contribution is 5.67. The van der Waals surface area contributed by atoms with E-state index < -0.39 is 0 Å². The highest BCUT2D eigenvalue weighted by Gasteiger charge is 2.03. The van der Waals surface area contributed by atoms with Crippen LogP contribution in [0, 0.1) is 5.92 Å². The summed E-state index contributed by atoms with van der Waals surface area (Å²) in [6, 6.07) is 0. The number of hydrogen-bond donors (Lipinski definition) is 1. The minimum absolute atomic E-state index is 0.308. The Hall–Kier alpha value is -0.770. The molecule has 4 heteroatoms. The molecule has 1 unspecified atom stereocenters. The van der Waals surface area contributed by atoms with Crippen molar-refractivity contribution in [2.24, 2.45) is 5.92 Å². The minimum atomic E-state index is -0.364. The Kier molecular flexibility index (Phi) is 7.39. The number of hydrogen-bond acceptors (Lipinski definition) is 3. The van der Waals surface area contributed by atoms with E-state index in [1.807, 2.05) is 0 Å². The van der Waals surface area contributed by atoms with Gasteiger partial charge in [0.2, 0.25) is 0 Å². The van der Waals surface area contributed by atoms with Crippen molar-refractivity contribution < 1.29 is 14.3 Å². The molecular formula is C9H19NO3. The lowest BCUT2D eigenvalue weighted by Gasteiger charge is -2.10. The van der Waals surface area contributed by atoms with Crippen molar-refractivity contribution in [3.63, 3.8) is 0 Å². The number of carbonyl (C=O) groups is 1. The Morgan fingerprint density at radius 3 is 2.69 bits per heavy atom. The summed E-state index contributed by atoms with van der Waals surface area (Å²) in [5.41, 5.74) is 0. The van der Waals surface area contributed by atoms with Gasteiger partial charge in [-0.15, -0.1) is 0 Å². The second-order valence-corrected chi connectivity index (χ2v) is 3.02. The summed E-state index contributed by atoms with van der Waals surface area (Å²) >= 11 is 0. The van der Waals surface area contributed by atoms with Crippen LogP contribution in [-0.4, -0.2) is 33.0 Å². The molecule has 1 atom stereocenters. The fourth-order valence-corrected chi connectivity index (χ4v) is 0.671. The highest BCUT2D eigenvalue weighted by Crippen LogP contribution is 1.97. The fraction of sp³-hybridized carbons (Fsp3) is 0.889. The number of nitrogens with one attached hydrogen (secondary N) is 1.